The minimum absolute atomic E-state index is 0.00171. The molecule has 36 heavy (non-hydrogen) atoms. The number of benzene rings is 3. The number of rotatable bonds is 10. The van der Waals surface area contributed by atoms with Gasteiger partial charge in [0.1, 0.15) is 12.6 Å². The molecule has 0 aliphatic rings. The average Bonchev–Trinajstić information content (AvgIpc) is 2.87. The molecule has 3 aromatic rings. The third kappa shape index (κ3) is 6.57. The third-order valence-electron chi connectivity index (χ3n) is 5.57. The summed E-state index contributed by atoms with van der Waals surface area (Å²) in [6.07, 6.45) is 0.340. The van der Waals surface area contributed by atoms with E-state index in [2.05, 4.69) is 5.32 Å². The van der Waals surface area contributed by atoms with Crippen LogP contribution in [0, 0.1) is 0 Å². The zero-order valence-corrected chi connectivity index (χ0v) is 22.2. The largest absolute Gasteiger partial charge is 0.357 e. The molecule has 10 heteroatoms. The van der Waals surface area contributed by atoms with Gasteiger partial charge in [0.25, 0.3) is 10.0 Å². The van der Waals surface area contributed by atoms with Gasteiger partial charge in [-0.1, -0.05) is 78.7 Å². The van der Waals surface area contributed by atoms with Crippen LogP contribution in [0.3, 0.4) is 0 Å². The van der Waals surface area contributed by atoms with E-state index in [4.69, 9.17) is 23.2 Å². The number of likely N-dealkylation sites (N-methyl/N-ethyl adjacent to an activating group) is 1. The van der Waals surface area contributed by atoms with Gasteiger partial charge in [0.05, 0.1) is 10.6 Å². The highest BCUT2D eigenvalue weighted by Gasteiger charge is 2.33. The molecule has 3 aromatic carbocycles. The fraction of sp³-hybridized carbons (Fsp3) is 0.231. The van der Waals surface area contributed by atoms with Crippen molar-refractivity contribution < 1.29 is 18.0 Å². The lowest BCUT2D eigenvalue weighted by molar-refractivity contribution is -0.140. The molecule has 0 radical (unpaired) electrons. The first-order valence-corrected chi connectivity index (χ1v) is 13.5. The SMILES string of the molecule is CC[C@@H](C(=O)NC)N(Cc1ccccc1)C(=O)CN(c1cc(Cl)cc(Cl)c1)S(=O)(=O)c1ccccc1. The maximum absolute atomic E-state index is 13.8. The molecular formula is C26H27Cl2N3O4S. The normalized spacial score (nSPS) is 12.0. The number of hydrogen-bond acceptors (Lipinski definition) is 4. The van der Waals surface area contributed by atoms with E-state index in [0.717, 1.165) is 9.87 Å². The van der Waals surface area contributed by atoms with Gasteiger partial charge in [0, 0.05) is 23.6 Å². The zero-order valence-electron chi connectivity index (χ0n) is 19.9. The Morgan fingerprint density at radius 3 is 2.00 bits per heavy atom. The summed E-state index contributed by atoms with van der Waals surface area (Å²) in [4.78, 5) is 27.8. The van der Waals surface area contributed by atoms with Crippen LogP contribution >= 0.6 is 23.2 Å². The Labute approximate surface area is 221 Å². The Morgan fingerprint density at radius 1 is 0.917 bits per heavy atom. The molecule has 1 atom stereocenters. The van der Waals surface area contributed by atoms with Crippen molar-refractivity contribution in [1.29, 1.82) is 0 Å². The van der Waals surface area contributed by atoms with Crippen LogP contribution in [0.4, 0.5) is 5.69 Å². The summed E-state index contributed by atoms with van der Waals surface area (Å²) in [6.45, 7) is 1.36. The van der Waals surface area contributed by atoms with Crippen LogP contribution in [0.15, 0.2) is 83.8 Å². The van der Waals surface area contributed by atoms with E-state index in [1.807, 2.05) is 30.3 Å². The van der Waals surface area contributed by atoms with Gasteiger partial charge in [-0.3, -0.25) is 13.9 Å². The van der Waals surface area contributed by atoms with E-state index in [-0.39, 0.29) is 33.1 Å². The van der Waals surface area contributed by atoms with E-state index in [0.29, 0.717) is 6.42 Å². The second-order valence-corrected chi connectivity index (χ2v) is 10.7. The van der Waals surface area contributed by atoms with Crippen LogP contribution in [0.5, 0.6) is 0 Å². The Kier molecular flexibility index (Phi) is 9.37. The molecule has 2 amide bonds. The van der Waals surface area contributed by atoms with Gasteiger partial charge in [-0.05, 0) is 42.3 Å². The number of hydrogen-bond donors (Lipinski definition) is 1. The Balaban J connectivity index is 2.07. The minimum atomic E-state index is -4.18. The molecule has 0 saturated heterocycles. The number of carbonyl (C=O) groups excluding carboxylic acids is 2. The van der Waals surface area contributed by atoms with E-state index in [1.165, 1.54) is 42.3 Å². The molecule has 0 unspecified atom stereocenters. The number of amides is 2. The molecule has 0 saturated carbocycles. The van der Waals surface area contributed by atoms with Crippen LogP contribution in [0.1, 0.15) is 18.9 Å². The molecule has 0 aliphatic carbocycles. The van der Waals surface area contributed by atoms with Gasteiger partial charge in [-0.25, -0.2) is 8.42 Å². The highest BCUT2D eigenvalue weighted by atomic mass is 35.5. The van der Waals surface area contributed by atoms with Crippen LogP contribution in [-0.2, 0) is 26.2 Å². The van der Waals surface area contributed by atoms with Gasteiger partial charge in [-0.15, -0.1) is 0 Å². The van der Waals surface area contributed by atoms with E-state index < -0.39 is 28.5 Å². The molecule has 3 rings (SSSR count). The lowest BCUT2D eigenvalue weighted by Crippen LogP contribution is -2.51. The first kappa shape index (κ1) is 27.5. The van der Waals surface area contributed by atoms with Gasteiger partial charge in [-0.2, -0.15) is 0 Å². The van der Waals surface area contributed by atoms with Crippen molar-refractivity contribution in [3.05, 3.63) is 94.5 Å². The second kappa shape index (κ2) is 12.3. The molecule has 190 valence electrons. The summed E-state index contributed by atoms with van der Waals surface area (Å²) in [5.74, 6) is -0.894. The Bertz CT molecular complexity index is 1290. The number of sulfonamides is 1. The maximum Gasteiger partial charge on any atom is 0.264 e. The summed E-state index contributed by atoms with van der Waals surface area (Å²) >= 11 is 12.4. The molecule has 1 N–H and O–H groups in total. The fourth-order valence-corrected chi connectivity index (χ4v) is 5.73. The monoisotopic (exact) mass is 547 g/mol. The van der Waals surface area contributed by atoms with Crippen LogP contribution in [0.2, 0.25) is 10.0 Å². The standard InChI is InChI=1S/C26H27Cl2N3O4S/c1-3-24(26(33)29-2)30(17-19-10-6-4-7-11-19)25(32)18-31(22-15-20(27)14-21(28)16-22)36(34,35)23-12-8-5-9-13-23/h4-16,24H,3,17-18H2,1-2H3,(H,29,33)/t24-/m0/s1. The zero-order chi connectivity index (χ0) is 26.3. The summed E-state index contributed by atoms with van der Waals surface area (Å²) in [5.41, 5.74) is 0.939. The smallest absolute Gasteiger partial charge is 0.264 e. The number of anilines is 1. The first-order valence-electron chi connectivity index (χ1n) is 11.3. The van der Waals surface area contributed by atoms with Crippen molar-refractivity contribution in [3.8, 4) is 0 Å². The number of nitrogens with one attached hydrogen (secondary N) is 1. The molecule has 0 fully saturated rings. The van der Waals surface area contributed by atoms with E-state index in [9.17, 15) is 18.0 Å². The molecule has 0 spiro atoms. The predicted octanol–water partition coefficient (Wildman–Crippen LogP) is 4.74. The van der Waals surface area contributed by atoms with Gasteiger partial charge < -0.3 is 10.2 Å². The quantitative estimate of drug-likeness (QED) is 0.397. The van der Waals surface area contributed by atoms with Crippen molar-refractivity contribution in [3.63, 3.8) is 0 Å². The van der Waals surface area contributed by atoms with Gasteiger partial charge in [0.15, 0.2) is 0 Å². The van der Waals surface area contributed by atoms with Crippen molar-refractivity contribution in [2.24, 2.45) is 0 Å². The van der Waals surface area contributed by atoms with Crippen molar-refractivity contribution in [2.75, 3.05) is 17.9 Å². The third-order valence-corrected chi connectivity index (χ3v) is 7.80. The van der Waals surface area contributed by atoms with Crippen LogP contribution in [-0.4, -0.2) is 44.8 Å². The Hall–Kier alpha value is -3.07. The molecule has 0 heterocycles. The summed E-state index contributed by atoms with van der Waals surface area (Å²) in [7, 11) is -2.68. The van der Waals surface area contributed by atoms with Gasteiger partial charge in [0.2, 0.25) is 11.8 Å². The highest BCUT2D eigenvalue weighted by Crippen LogP contribution is 2.30. The molecule has 0 bridgehead atoms. The predicted molar refractivity (Wildman–Crippen MR) is 143 cm³/mol. The number of carbonyl (C=O) groups is 2. The van der Waals surface area contributed by atoms with Crippen LogP contribution in [0.25, 0.3) is 0 Å². The van der Waals surface area contributed by atoms with Crippen LogP contribution < -0.4 is 9.62 Å². The maximum atomic E-state index is 13.8. The molecule has 0 aromatic heterocycles. The Morgan fingerprint density at radius 2 is 1.47 bits per heavy atom. The number of nitrogens with zero attached hydrogens (tertiary/aromatic N) is 2. The first-order chi connectivity index (χ1) is 17.2. The summed E-state index contributed by atoms with van der Waals surface area (Å²) < 4.78 is 28.4. The minimum Gasteiger partial charge on any atom is -0.357 e. The fourth-order valence-electron chi connectivity index (χ4n) is 3.80. The molecule has 7 nitrogen and oxygen atoms in total. The number of halogens is 2. The molecule has 0 aliphatic heterocycles. The van der Waals surface area contributed by atoms with Gasteiger partial charge >= 0.3 is 0 Å². The summed E-state index contributed by atoms with van der Waals surface area (Å²) in [5, 5.41) is 3.03. The summed E-state index contributed by atoms with van der Waals surface area (Å²) in [6, 6.07) is 20.5. The lowest BCUT2D eigenvalue weighted by atomic mass is 10.1. The average molecular weight is 548 g/mol. The van der Waals surface area contributed by atoms with E-state index >= 15 is 0 Å². The van der Waals surface area contributed by atoms with Crippen molar-refractivity contribution in [1.82, 2.24) is 10.2 Å². The lowest BCUT2D eigenvalue weighted by Gasteiger charge is -2.33. The topological polar surface area (TPSA) is 86.8 Å². The second-order valence-electron chi connectivity index (χ2n) is 8.00. The van der Waals surface area contributed by atoms with Crippen molar-refractivity contribution >= 4 is 50.7 Å². The highest BCUT2D eigenvalue weighted by molar-refractivity contribution is 7.92. The molecular weight excluding hydrogens is 521 g/mol. The van der Waals surface area contributed by atoms with E-state index in [1.54, 1.807) is 25.1 Å². The van der Waals surface area contributed by atoms with Crippen molar-refractivity contribution in [2.45, 2.75) is 30.8 Å².